The minimum absolute atomic E-state index is 0.919. The van der Waals surface area contributed by atoms with Gasteiger partial charge < -0.3 is 0 Å². The van der Waals surface area contributed by atoms with E-state index in [4.69, 9.17) is 0 Å². The number of aryl methyl sites for hydroxylation is 1. The molecule has 0 saturated carbocycles. The molecule has 0 amide bonds. The summed E-state index contributed by atoms with van der Waals surface area (Å²) in [6.07, 6.45) is 2.76. The summed E-state index contributed by atoms with van der Waals surface area (Å²) in [5, 5.41) is 9.13. The van der Waals surface area contributed by atoms with Crippen molar-refractivity contribution in [2.45, 2.75) is 13.3 Å². The average molecular weight is 165 g/mol. The molecule has 0 fully saturated rings. The number of rotatable bonds is 1. The zero-order valence-corrected chi connectivity index (χ0v) is 6.93. The fraction of sp³-hybridized carbons (Fsp3) is 0.286. The van der Waals surface area contributed by atoms with Crippen LogP contribution >= 0.6 is 11.5 Å². The molecule has 2 aromatic heterocycles. The summed E-state index contributed by atoms with van der Waals surface area (Å²) in [5.74, 6) is 0. The van der Waals surface area contributed by atoms with Crippen molar-refractivity contribution in [3.05, 3.63) is 18.0 Å². The molecule has 0 unspecified atom stereocenters. The van der Waals surface area contributed by atoms with E-state index in [9.17, 15) is 0 Å². The minimum atomic E-state index is 0.919. The van der Waals surface area contributed by atoms with Crippen molar-refractivity contribution in [2.24, 2.45) is 0 Å². The van der Waals surface area contributed by atoms with Gasteiger partial charge in [-0.25, -0.2) is 0 Å². The van der Waals surface area contributed by atoms with Gasteiger partial charge in [-0.1, -0.05) is 6.92 Å². The van der Waals surface area contributed by atoms with Crippen LogP contribution in [0.25, 0.3) is 10.2 Å². The Labute approximate surface area is 68.3 Å². The van der Waals surface area contributed by atoms with Crippen LogP contribution in [-0.4, -0.2) is 14.6 Å². The summed E-state index contributed by atoms with van der Waals surface area (Å²) in [7, 11) is 0. The molecule has 0 aromatic carbocycles. The number of fused-ring (bicyclic) bond motifs is 1. The van der Waals surface area contributed by atoms with Crippen LogP contribution < -0.4 is 0 Å². The van der Waals surface area contributed by atoms with Gasteiger partial charge in [0.1, 0.15) is 0 Å². The summed E-state index contributed by atoms with van der Waals surface area (Å²) in [5.41, 5.74) is 1.03. The largest absolute Gasteiger partial charge is 0.198 e. The average Bonchev–Trinajstić information content (AvgIpc) is 2.50. The van der Waals surface area contributed by atoms with Gasteiger partial charge in [-0.05, 0) is 24.0 Å². The normalized spacial score (nSPS) is 10.6. The highest BCUT2D eigenvalue weighted by molar-refractivity contribution is 7.12. The van der Waals surface area contributed by atoms with E-state index < -0.39 is 0 Å². The second-order valence-electron chi connectivity index (χ2n) is 2.28. The molecule has 0 spiro atoms. The summed E-state index contributed by atoms with van der Waals surface area (Å²) in [6, 6.07) is 2.03. The fourth-order valence-electron chi connectivity index (χ4n) is 0.907. The Morgan fingerprint density at radius 2 is 2.36 bits per heavy atom. The maximum absolute atomic E-state index is 4.02. The van der Waals surface area contributed by atoms with Crippen LogP contribution in [0.15, 0.2) is 12.3 Å². The van der Waals surface area contributed by atoms with Crippen molar-refractivity contribution in [3.8, 4) is 0 Å². The standard InChI is InChI=1S/C7H7N3S/c1-2-6-3-5-4-8-11-7(5)10-9-6/h3-4H,2H2,1H3. The summed E-state index contributed by atoms with van der Waals surface area (Å²) in [4.78, 5) is 0.919. The molecule has 2 aromatic rings. The van der Waals surface area contributed by atoms with Crippen molar-refractivity contribution in [2.75, 3.05) is 0 Å². The molecule has 0 N–H and O–H groups in total. The molecule has 0 bridgehead atoms. The van der Waals surface area contributed by atoms with Gasteiger partial charge >= 0.3 is 0 Å². The van der Waals surface area contributed by atoms with Gasteiger partial charge in [0.25, 0.3) is 0 Å². The number of aromatic nitrogens is 3. The van der Waals surface area contributed by atoms with E-state index in [1.54, 1.807) is 0 Å². The molecule has 0 radical (unpaired) electrons. The highest BCUT2D eigenvalue weighted by atomic mass is 32.1. The van der Waals surface area contributed by atoms with Gasteiger partial charge in [0.15, 0.2) is 4.83 Å². The Morgan fingerprint density at radius 1 is 1.45 bits per heavy atom. The minimum Gasteiger partial charge on any atom is -0.198 e. The third-order valence-corrected chi connectivity index (χ3v) is 2.23. The van der Waals surface area contributed by atoms with Gasteiger partial charge in [0, 0.05) is 5.39 Å². The Morgan fingerprint density at radius 3 is 3.18 bits per heavy atom. The van der Waals surface area contributed by atoms with E-state index in [0.29, 0.717) is 0 Å². The van der Waals surface area contributed by atoms with Crippen LogP contribution in [0, 0.1) is 0 Å². The van der Waals surface area contributed by atoms with Crippen molar-refractivity contribution in [1.29, 1.82) is 0 Å². The second-order valence-corrected chi connectivity index (χ2v) is 3.06. The van der Waals surface area contributed by atoms with Crippen molar-refractivity contribution in [3.63, 3.8) is 0 Å². The van der Waals surface area contributed by atoms with Crippen LogP contribution in [0.5, 0.6) is 0 Å². The molecule has 3 nitrogen and oxygen atoms in total. The number of hydrogen-bond acceptors (Lipinski definition) is 4. The lowest BCUT2D eigenvalue weighted by Gasteiger charge is -1.91. The van der Waals surface area contributed by atoms with E-state index >= 15 is 0 Å². The molecular weight excluding hydrogens is 158 g/mol. The second kappa shape index (κ2) is 2.54. The predicted octanol–water partition coefficient (Wildman–Crippen LogP) is 1.65. The summed E-state index contributed by atoms with van der Waals surface area (Å²) in [6.45, 7) is 2.07. The molecule has 0 aliphatic carbocycles. The van der Waals surface area contributed by atoms with E-state index in [1.165, 1.54) is 11.5 Å². The Balaban J connectivity index is 2.67. The van der Waals surface area contributed by atoms with Crippen molar-refractivity contribution >= 4 is 21.7 Å². The molecule has 2 heterocycles. The first-order valence-electron chi connectivity index (χ1n) is 3.47. The lowest BCUT2D eigenvalue weighted by atomic mass is 10.3. The van der Waals surface area contributed by atoms with Crippen molar-refractivity contribution < 1.29 is 0 Å². The molecule has 0 saturated heterocycles. The lowest BCUT2D eigenvalue weighted by Crippen LogP contribution is -1.88. The fourth-order valence-corrected chi connectivity index (χ4v) is 1.47. The third-order valence-electron chi connectivity index (χ3n) is 1.53. The molecule has 0 aliphatic rings. The first-order valence-corrected chi connectivity index (χ1v) is 4.24. The smallest absolute Gasteiger partial charge is 0.165 e. The van der Waals surface area contributed by atoms with Gasteiger partial charge in [-0.15, -0.1) is 5.10 Å². The monoisotopic (exact) mass is 165 g/mol. The SMILES string of the molecule is CCc1cc2cnsc2nn1. The molecule has 2 rings (SSSR count). The summed E-state index contributed by atoms with van der Waals surface area (Å²) < 4.78 is 4.02. The van der Waals surface area contributed by atoms with Gasteiger partial charge in [0.2, 0.25) is 0 Å². The van der Waals surface area contributed by atoms with E-state index in [1.807, 2.05) is 12.3 Å². The van der Waals surface area contributed by atoms with E-state index in [2.05, 4.69) is 21.5 Å². The quantitative estimate of drug-likeness (QED) is 0.645. The van der Waals surface area contributed by atoms with Gasteiger partial charge in [0.05, 0.1) is 11.9 Å². The Kier molecular flexibility index (Phi) is 1.54. The predicted molar refractivity (Wildman–Crippen MR) is 44.6 cm³/mol. The molecule has 0 aliphatic heterocycles. The van der Waals surface area contributed by atoms with Gasteiger partial charge in [-0.2, -0.15) is 9.47 Å². The molecular formula is C7H7N3S. The van der Waals surface area contributed by atoms with Crippen molar-refractivity contribution in [1.82, 2.24) is 14.6 Å². The highest BCUT2D eigenvalue weighted by Crippen LogP contribution is 2.14. The molecule has 11 heavy (non-hydrogen) atoms. The number of nitrogens with zero attached hydrogens (tertiary/aromatic N) is 3. The van der Waals surface area contributed by atoms with Crippen LogP contribution in [-0.2, 0) is 6.42 Å². The maximum Gasteiger partial charge on any atom is 0.165 e. The van der Waals surface area contributed by atoms with E-state index in [0.717, 1.165) is 22.3 Å². The van der Waals surface area contributed by atoms with Crippen LogP contribution in [0.1, 0.15) is 12.6 Å². The van der Waals surface area contributed by atoms with Crippen LogP contribution in [0.3, 0.4) is 0 Å². The molecule has 4 heteroatoms. The molecule has 0 atom stereocenters. The topological polar surface area (TPSA) is 38.7 Å². The van der Waals surface area contributed by atoms with Crippen LogP contribution in [0.4, 0.5) is 0 Å². The Hall–Kier alpha value is -1.03. The lowest BCUT2D eigenvalue weighted by molar-refractivity contribution is 0.949. The first kappa shape index (κ1) is 6.67. The number of hydrogen-bond donors (Lipinski definition) is 0. The zero-order valence-electron chi connectivity index (χ0n) is 6.11. The first-order chi connectivity index (χ1) is 5.40. The molecule has 56 valence electrons. The van der Waals surface area contributed by atoms with Crippen LogP contribution in [0.2, 0.25) is 0 Å². The maximum atomic E-state index is 4.02. The Bertz CT molecular complexity index is 368. The van der Waals surface area contributed by atoms with E-state index in [-0.39, 0.29) is 0 Å². The third kappa shape index (κ3) is 1.09. The highest BCUT2D eigenvalue weighted by Gasteiger charge is 1.98. The van der Waals surface area contributed by atoms with Gasteiger partial charge in [-0.3, -0.25) is 0 Å². The summed E-state index contributed by atoms with van der Waals surface area (Å²) >= 11 is 1.38. The zero-order chi connectivity index (χ0) is 7.68.